The summed E-state index contributed by atoms with van der Waals surface area (Å²) in [4.78, 5) is 19.1. The Kier molecular flexibility index (Phi) is 5.09. The Bertz CT molecular complexity index is 1050. The first-order valence-corrected chi connectivity index (χ1v) is 9.61. The fourth-order valence-corrected chi connectivity index (χ4v) is 3.93. The van der Waals surface area contributed by atoms with Crippen molar-refractivity contribution in [1.29, 1.82) is 0 Å². The molecule has 5 nitrogen and oxygen atoms in total. The molecule has 0 aliphatic carbocycles. The van der Waals surface area contributed by atoms with Crippen LogP contribution in [0.1, 0.15) is 17.5 Å². The van der Waals surface area contributed by atoms with Crippen LogP contribution in [0.15, 0.2) is 42.6 Å². The first-order valence-electron chi connectivity index (χ1n) is 9.23. The molecular formula is C22H21ClN2O3. The molecule has 0 spiro atoms. The number of ether oxygens (including phenoxy) is 2. The topological polar surface area (TPSA) is 51.7 Å². The molecule has 2 aromatic carbocycles. The molecule has 1 amide bonds. The van der Waals surface area contributed by atoms with Gasteiger partial charge in [-0.05, 0) is 61.2 Å². The van der Waals surface area contributed by atoms with Crippen molar-refractivity contribution < 1.29 is 14.3 Å². The molecule has 1 aliphatic heterocycles. The normalized spacial score (nSPS) is 13.3. The Balaban J connectivity index is 1.60. The number of rotatable bonds is 4. The van der Waals surface area contributed by atoms with Crippen LogP contribution in [0.25, 0.3) is 10.9 Å². The van der Waals surface area contributed by atoms with Crippen molar-refractivity contribution in [3.63, 3.8) is 0 Å². The van der Waals surface area contributed by atoms with E-state index in [1.54, 1.807) is 30.3 Å². The molecule has 0 unspecified atom stereocenters. The summed E-state index contributed by atoms with van der Waals surface area (Å²) >= 11 is 6.23. The summed E-state index contributed by atoms with van der Waals surface area (Å²) in [5.74, 6) is 1.15. The van der Waals surface area contributed by atoms with Crippen molar-refractivity contribution in [2.75, 3.05) is 25.2 Å². The van der Waals surface area contributed by atoms with Crippen molar-refractivity contribution in [1.82, 2.24) is 4.98 Å². The van der Waals surface area contributed by atoms with E-state index < -0.39 is 0 Å². The number of pyridine rings is 1. The van der Waals surface area contributed by atoms with Crippen LogP contribution < -0.4 is 14.4 Å². The van der Waals surface area contributed by atoms with Gasteiger partial charge in [0, 0.05) is 18.1 Å². The Morgan fingerprint density at radius 3 is 2.86 bits per heavy atom. The summed E-state index contributed by atoms with van der Waals surface area (Å²) in [6, 6.07) is 11.2. The van der Waals surface area contributed by atoms with Gasteiger partial charge in [0.25, 0.3) is 5.91 Å². The number of halogens is 1. The van der Waals surface area contributed by atoms with Crippen molar-refractivity contribution >= 4 is 34.1 Å². The van der Waals surface area contributed by atoms with Gasteiger partial charge in [0.05, 0.1) is 17.8 Å². The minimum atomic E-state index is -0.108. The van der Waals surface area contributed by atoms with Crippen LogP contribution in [0.4, 0.5) is 5.69 Å². The van der Waals surface area contributed by atoms with Gasteiger partial charge < -0.3 is 14.4 Å². The molecule has 0 atom stereocenters. The lowest BCUT2D eigenvalue weighted by atomic mass is 9.96. The van der Waals surface area contributed by atoms with E-state index >= 15 is 0 Å². The number of nitrogens with zero attached hydrogens (tertiary/aromatic N) is 2. The fourth-order valence-electron chi connectivity index (χ4n) is 3.71. The summed E-state index contributed by atoms with van der Waals surface area (Å²) in [6.07, 6.45) is 3.54. The van der Waals surface area contributed by atoms with E-state index in [-0.39, 0.29) is 12.5 Å². The number of fused-ring (bicyclic) bond motifs is 2. The summed E-state index contributed by atoms with van der Waals surface area (Å²) < 4.78 is 11.4. The molecule has 4 rings (SSSR count). The lowest BCUT2D eigenvalue weighted by molar-refractivity contribution is -0.120. The van der Waals surface area contributed by atoms with E-state index in [1.807, 2.05) is 24.3 Å². The minimum Gasteiger partial charge on any atom is -0.495 e. The molecule has 0 fully saturated rings. The molecule has 0 saturated carbocycles. The standard InChI is InChI=1S/C22H21ClN2O3/c1-14-7-9-19(27-2)22-15(14)6-4-12-25(22)20(26)13-28-18-10-8-17(23)16-5-3-11-24-21(16)18/h3,5,7-11H,4,6,12-13H2,1-2H3. The zero-order valence-electron chi connectivity index (χ0n) is 15.9. The molecule has 0 bridgehead atoms. The highest BCUT2D eigenvalue weighted by Gasteiger charge is 2.27. The lowest BCUT2D eigenvalue weighted by Crippen LogP contribution is -2.39. The Hall–Kier alpha value is -2.79. The molecular weight excluding hydrogens is 376 g/mol. The Labute approximate surface area is 168 Å². The van der Waals surface area contributed by atoms with Gasteiger partial charge in [0.15, 0.2) is 6.61 Å². The zero-order chi connectivity index (χ0) is 19.7. The predicted molar refractivity (Wildman–Crippen MR) is 111 cm³/mol. The average molecular weight is 397 g/mol. The molecule has 0 radical (unpaired) electrons. The van der Waals surface area contributed by atoms with E-state index in [9.17, 15) is 4.79 Å². The van der Waals surface area contributed by atoms with E-state index in [1.165, 1.54) is 5.56 Å². The van der Waals surface area contributed by atoms with E-state index in [0.717, 1.165) is 29.5 Å². The maximum absolute atomic E-state index is 13.0. The monoisotopic (exact) mass is 396 g/mol. The molecule has 2 heterocycles. The van der Waals surface area contributed by atoms with Gasteiger partial charge in [-0.2, -0.15) is 0 Å². The molecule has 0 saturated heterocycles. The summed E-state index contributed by atoms with van der Waals surface area (Å²) in [7, 11) is 1.63. The lowest BCUT2D eigenvalue weighted by Gasteiger charge is -2.32. The third-order valence-electron chi connectivity index (χ3n) is 5.11. The highest BCUT2D eigenvalue weighted by molar-refractivity contribution is 6.35. The molecule has 6 heteroatoms. The molecule has 28 heavy (non-hydrogen) atoms. The van der Waals surface area contributed by atoms with Gasteiger partial charge in [-0.15, -0.1) is 0 Å². The summed E-state index contributed by atoms with van der Waals surface area (Å²) in [5.41, 5.74) is 3.84. The smallest absolute Gasteiger partial charge is 0.265 e. The second-order valence-corrected chi connectivity index (χ2v) is 7.20. The maximum Gasteiger partial charge on any atom is 0.265 e. The molecule has 144 valence electrons. The van der Waals surface area contributed by atoms with Gasteiger partial charge in [-0.1, -0.05) is 17.7 Å². The van der Waals surface area contributed by atoms with Crippen LogP contribution in [0.5, 0.6) is 11.5 Å². The highest BCUT2D eigenvalue weighted by Crippen LogP contribution is 2.38. The highest BCUT2D eigenvalue weighted by atomic mass is 35.5. The molecule has 1 aromatic heterocycles. The van der Waals surface area contributed by atoms with Crippen molar-refractivity contribution in [2.24, 2.45) is 0 Å². The minimum absolute atomic E-state index is 0.0795. The third kappa shape index (κ3) is 3.27. The average Bonchev–Trinajstić information content (AvgIpc) is 2.73. The van der Waals surface area contributed by atoms with Gasteiger partial charge in [0.1, 0.15) is 17.0 Å². The number of carbonyl (C=O) groups is 1. The second kappa shape index (κ2) is 7.68. The first-order chi connectivity index (χ1) is 13.6. The van der Waals surface area contributed by atoms with Crippen molar-refractivity contribution in [3.05, 3.63) is 58.7 Å². The van der Waals surface area contributed by atoms with Crippen LogP contribution in [0.3, 0.4) is 0 Å². The van der Waals surface area contributed by atoms with Gasteiger partial charge >= 0.3 is 0 Å². The Morgan fingerprint density at radius 2 is 2.04 bits per heavy atom. The number of aryl methyl sites for hydroxylation is 1. The number of carbonyl (C=O) groups excluding carboxylic acids is 1. The van der Waals surface area contributed by atoms with Gasteiger partial charge in [0.2, 0.25) is 0 Å². The zero-order valence-corrected chi connectivity index (χ0v) is 16.6. The van der Waals surface area contributed by atoms with E-state index in [0.29, 0.717) is 28.6 Å². The quantitative estimate of drug-likeness (QED) is 0.648. The number of benzene rings is 2. The van der Waals surface area contributed by atoms with E-state index in [2.05, 4.69) is 11.9 Å². The van der Waals surface area contributed by atoms with Crippen molar-refractivity contribution in [2.45, 2.75) is 19.8 Å². The number of amides is 1. The number of methoxy groups -OCH3 is 1. The fraction of sp³-hybridized carbons (Fsp3) is 0.273. The van der Waals surface area contributed by atoms with E-state index in [4.69, 9.17) is 21.1 Å². The molecule has 3 aromatic rings. The first kappa shape index (κ1) is 18.6. The van der Waals surface area contributed by atoms with Gasteiger partial charge in [-0.25, -0.2) is 0 Å². The van der Waals surface area contributed by atoms with Crippen LogP contribution in [0.2, 0.25) is 5.02 Å². The van der Waals surface area contributed by atoms with Crippen LogP contribution >= 0.6 is 11.6 Å². The maximum atomic E-state index is 13.0. The largest absolute Gasteiger partial charge is 0.495 e. The second-order valence-electron chi connectivity index (χ2n) is 6.79. The number of hydrogen-bond acceptors (Lipinski definition) is 4. The predicted octanol–water partition coefficient (Wildman–Crippen LogP) is 4.56. The third-order valence-corrected chi connectivity index (χ3v) is 5.44. The number of anilines is 1. The SMILES string of the molecule is COc1ccc(C)c2c1N(C(=O)COc1ccc(Cl)c3cccnc13)CCC2. The summed E-state index contributed by atoms with van der Waals surface area (Å²) in [6.45, 7) is 2.63. The van der Waals surface area contributed by atoms with Crippen LogP contribution in [0, 0.1) is 6.92 Å². The molecule has 1 aliphatic rings. The summed E-state index contributed by atoms with van der Waals surface area (Å²) in [5, 5.41) is 1.40. The van der Waals surface area contributed by atoms with Gasteiger partial charge in [-0.3, -0.25) is 9.78 Å². The molecule has 0 N–H and O–H groups in total. The Morgan fingerprint density at radius 1 is 1.21 bits per heavy atom. The van der Waals surface area contributed by atoms with Crippen LogP contribution in [-0.4, -0.2) is 31.2 Å². The number of aromatic nitrogens is 1. The van der Waals surface area contributed by atoms with Crippen molar-refractivity contribution in [3.8, 4) is 11.5 Å². The number of hydrogen-bond donors (Lipinski definition) is 0. The van der Waals surface area contributed by atoms with Crippen LogP contribution in [-0.2, 0) is 11.2 Å².